The van der Waals surface area contributed by atoms with Crippen molar-refractivity contribution in [2.45, 2.75) is 26.2 Å². The van der Waals surface area contributed by atoms with Gasteiger partial charge in [0.25, 0.3) is 5.91 Å². The SMILES string of the molecule is CC1CCC(CNC(=O)c2ccc(N)cc2N)C1. The van der Waals surface area contributed by atoms with E-state index < -0.39 is 0 Å². The molecule has 1 fully saturated rings. The van der Waals surface area contributed by atoms with Gasteiger partial charge in [0.2, 0.25) is 0 Å². The summed E-state index contributed by atoms with van der Waals surface area (Å²) in [6.07, 6.45) is 3.68. The second kappa shape index (κ2) is 5.29. The topological polar surface area (TPSA) is 81.1 Å². The van der Waals surface area contributed by atoms with Crippen LogP contribution in [0.5, 0.6) is 0 Å². The number of carbonyl (C=O) groups excluding carboxylic acids is 1. The molecule has 4 nitrogen and oxygen atoms in total. The molecule has 0 aliphatic heterocycles. The lowest BCUT2D eigenvalue weighted by atomic mass is 10.1. The van der Waals surface area contributed by atoms with Gasteiger partial charge in [0.15, 0.2) is 0 Å². The average Bonchev–Trinajstić information content (AvgIpc) is 2.72. The molecule has 1 aliphatic rings. The predicted octanol–water partition coefficient (Wildman–Crippen LogP) is 2.02. The van der Waals surface area contributed by atoms with Gasteiger partial charge in [0.1, 0.15) is 0 Å². The van der Waals surface area contributed by atoms with Crippen molar-refractivity contribution in [3.05, 3.63) is 23.8 Å². The van der Waals surface area contributed by atoms with Crippen LogP contribution in [0.4, 0.5) is 11.4 Å². The van der Waals surface area contributed by atoms with Crippen LogP contribution in [0.1, 0.15) is 36.5 Å². The summed E-state index contributed by atoms with van der Waals surface area (Å²) in [5, 5.41) is 2.96. The average molecular weight is 247 g/mol. The second-order valence-corrected chi connectivity index (χ2v) is 5.34. The van der Waals surface area contributed by atoms with Crippen molar-refractivity contribution >= 4 is 17.3 Å². The third-order valence-corrected chi connectivity index (χ3v) is 3.67. The van der Waals surface area contributed by atoms with Crippen LogP contribution in [-0.2, 0) is 0 Å². The Morgan fingerprint density at radius 1 is 1.39 bits per heavy atom. The minimum atomic E-state index is -0.105. The molecule has 5 N–H and O–H groups in total. The molecular formula is C14H21N3O. The number of anilines is 2. The van der Waals surface area contributed by atoms with E-state index in [9.17, 15) is 4.79 Å². The highest BCUT2D eigenvalue weighted by Crippen LogP contribution is 2.29. The second-order valence-electron chi connectivity index (χ2n) is 5.34. The van der Waals surface area contributed by atoms with Gasteiger partial charge in [-0.05, 0) is 42.9 Å². The van der Waals surface area contributed by atoms with Gasteiger partial charge in [-0.2, -0.15) is 0 Å². The number of amides is 1. The van der Waals surface area contributed by atoms with E-state index in [2.05, 4.69) is 12.2 Å². The molecule has 1 aliphatic carbocycles. The molecule has 1 saturated carbocycles. The lowest BCUT2D eigenvalue weighted by Gasteiger charge is -2.12. The first-order valence-electron chi connectivity index (χ1n) is 6.49. The van der Waals surface area contributed by atoms with E-state index in [1.54, 1.807) is 18.2 Å². The number of hydrogen-bond acceptors (Lipinski definition) is 3. The van der Waals surface area contributed by atoms with Gasteiger partial charge in [-0.25, -0.2) is 0 Å². The Morgan fingerprint density at radius 2 is 2.17 bits per heavy atom. The molecule has 2 rings (SSSR count). The molecule has 98 valence electrons. The summed E-state index contributed by atoms with van der Waals surface area (Å²) < 4.78 is 0. The van der Waals surface area contributed by atoms with Crippen molar-refractivity contribution in [2.24, 2.45) is 11.8 Å². The summed E-state index contributed by atoms with van der Waals surface area (Å²) in [6.45, 7) is 3.01. The van der Waals surface area contributed by atoms with Gasteiger partial charge in [-0.3, -0.25) is 4.79 Å². The molecule has 0 aromatic heterocycles. The Kier molecular flexibility index (Phi) is 3.75. The van der Waals surface area contributed by atoms with E-state index >= 15 is 0 Å². The standard InChI is InChI=1S/C14H21N3O/c1-9-2-3-10(6-9)8-17-14(18)12-5-4-11(15)7-13(12)16/h4-5,7,9-10H,2-3,6,8,15-16H2,1H3,(H,17,18). The Balaban J connectivity index is 1.91. The molecule has 18 heavy (non-hydrogen) atoms. The van der Waals surface area contributed by atoms with Crippen molar-refractivity contribution < 1.29 is 4.79 Å². The Bertz CT molecular complexity index is 445. The summed E-state index contributed by atoms with van der Waals surface area (Å²) >= 11 is 0. The minimum absolute atomic E-state index is 0.105. The van der Waals surface area contributed by atoms with Crippen molar-refractivity contribution in [3.8, 4) is 0 Å². The summed E-state index contributed by atoms with van der Waals surface area (Å²) in [4.78, 5) is 12.0. The maximum atomic E-state index is 12.0. The smallest absolute Gasteiger partial charge is 0.253 e. The molecule has 1 aromatic rings. The molecule has 1 amide bonds. The predicted molar refractivity (Wildman–Crippen MR) is 74.1 cm³/mol. The maximum Gasteiger partial charge on any atom is 0.253 e. The minimum Gasteiger partial charge on any atom is -0.399 e. The first kappa shape index (κ1) is 12.7. The number of carbonyl (C=O) groups is 1. The molecule has 2 unspecified atom stereocenters. The van der Waals surface area contributed by atoms with Crippen molar-refractivity contribution in [1.29, 1.82) is 0 Å². The van der Waals surface area contributed by atoms with Crippen LogP contribution in [0.2, 0.25) is 0 Å². The highest BCUT2D eigenvalue weighted by Gasteiger charge is 2.22. The first-order chi connectivity index (χ1) is 8.56. The lowest BCUT2D eigenvalue weighted by molar-refractivity contribution is 0.0948. The summed E-state index contributed by atoms with van der Waals surface area (Å²) in [5.74, 6) is 1.29. The molecule has 2 atom stereocenters. The molecule has 0 radical (unpaired) electrons. The Labute approximate surface area is 108 Å². The zero-order valence-electron chi connectivity index (χ0n) is 10.8. The zero-order valence-corrected chi connectivity index (χ0v) is 10.8. The number of rotatable bonds is 3. The molecule has 4 heteroatoms. The fourth-order valence-corrected chi connectivity index (χ4v) is 2.63. The van der Waals surface area contributed by atoms with Crippen LogP contribution in [0, 0.1) is 11.8 Å². The normalized spacial score (nSPS) is 22.9. The highest BCUT2D eigenvalue weighted by atomic mass is 16.1. The largest absolute Gasteiger partial charge is 0.399 e. The van der Waals surface area contributed by atoms with Crippen LogP contribution in [0.25, 0.3) is 0 Å². The number of nitrogens with two attached hydrogens (primary N) is 2. The van der Waals surface area contributed by atoms with E-state index in [-0.39, 0.29) is 5.91 Å². The van der Waals surface area contributed by atoms with Gasteiger partial charge in [-0.1, -0.05) is 13.3 Å². The van der Waals surface area contributed by atoms with Gasteiger partial charge >= 0.3 is 0 Å². The lowest BCUT2D eigenvalue weighted by Crippen LogP contribution is -2.29. The van der Waals surface area contributed by atoms with Gasteiger partial charge in [0, 0.05) is 17.9 Å². The van der Waals surface area contributed by atoms with Crippen molar-refractivity contribution in [3.63, 3.8) is 0 Å². The number of benzene rings is 1. The zero-order chi connectivity index (χ0) is 13.1. The van der Waals surface area contributed by atoms with Gasteiger partial charge in [0.05, 0.1) is 5.56 Å². The number of nitrogens with one attached hydrogen (secondary N) is 1. The molecule has 1 aromatic carbocycles. The van der Waals surface area contributed by atoms with E-state index in [0.29, 0.717) is 22.9 Å². The van der Waals surface area contributed by atoms with Crippen molar-refractivity contribution in [2.75, 3.05) is 18.0 Å². The molecule has 0 spiro atoms. The van der Waals surface area contributed by atoms with Gasteiger partial charge in [-0.15, -0.1) is 0 Å². The quantitative estimate of drug-likeness (QED) is 0.715. The van der Waals surface area contributed by atoms with Crippen LogP contribution in [0.15, 0.2) is 18.2 Å². The fraction of sp³-hybridized carbons (Fsp3) is 0.500. The maximum absolute atomic E-state index is 12.0. The summed E-state index contributed by atoms with van der Waals surface area (Å²) in [5.41, 5.74) is 12.9. The third-order valence-electron chi connectivity index (χ3n) is 3.67. The van der Waals surface area contributed by atoms with Crippen LogP contribution in [0.3, 0.4) is 0 Å². The molecule has 0 saturated heterocycles. The fourth-order valence-electron chi connectivity index (χ4n) is 2.63. The van der Waals surface area contributed by atoms with E-state index in [1.165, 1.54) is 19.3 Å². The Morgan fingerprint density at radius 3 is 2.78 bits per heavy atom. The Hall–Kier alpha value is -1.71. The molecule has 0 bridgehead atoms. The monoisotopic (exact) mass is 247 g/mol. The summed E-state index contributed by atoms with van der Waals surface area (Å²) in [6, 6.07) is 4.99. The molecular weight excluding hydrogens is 226 g/mol. The number of hydrogen-bond donors (Lipinski definition) is 3. The van der Waals surface area contributed by atoms with Crippen molar-refractivity contribution in [1.82, 2.24) is 5.32 Å². The van der Waals surface area contributed by atoms with Crippen LogP contribution < -0.4 is 16.8 Å². The van der Waals surface area contributed by atoms with E-state index in [0.717, 1.165) is 12.5 Å². The van der Waals surface area contributed by atoms with E-state index in [1.807, 2.05) is 0 Å². The highest BCUT2D eigenvalue weighted by molar-refractivity contribution is 5.99. The third kappa shape index (κ3) is 2.94. The van der Waals surface area contributed by atoms with Crippen LogP contribution in [-0.4, -0.2) is 12.5 Å². The first-order valence-corrected chi connectivity index (χ1v) is 6.49. The van der Waals surface area contributed by atoms with Crippen LogP contribution >= 0.6 is 0 Å². The summed E-state index contributed by atoms with van der Waals surface area (Å²) in [7, 11) is 0. The van der Waals surface area contributed by atoms with E-state index in [4.69, 9.17) is 11.5 Å². The van der Waals surface area contributed by atoms with Gasteiger partial charge < -0.3 is 16.8 Å². The molecule has 0 heterocycles. The number of nitrogen functional groups attached to an aromatic ring is 2.